The number of hydrogen-bond donors (Lipinski definition) is 1. The van der Waals surface area contributed by atoms with E-state index in [1.807, 2.05) is 25.3 Å². The van der Waals surface area contributed by atoms with Crippen molar-refractivity contribution in [1.29, 1.82) is 0 Å². The summed E-state index contributed by atoms with van der Waals surface area (Å²) in [5.74, 6) is -2.77. The molecule has 1 aliphatic rings. The maximum Gasteiger partial charge on any atom is 0.325 e. The van der Waals surface area contributed by atoms with Crippen molar-refractivity contribution < 1.29 is 23.2 Å². The molecule has 6 nitrogen and oxygen atoms in total. The standard InChI is InChI=1S/C21H23F2N3O3/c1-11(2)26-12(3)8-15(13(26)4)18(27)10-25-19(28)21(5,24-20(25)29)16-9-14(22)6-7-17(16)23/h6-9,11H,10H2,1-5H3,(H,24,29)/t21-/m0/s1. The number of rotatable bonds is 5. The van der Waals surface area contributed by atoms with Gasteiger partial charge in [0.2, 0.25) is 0 Å². The molecule has 0 radical (unpaired) electrons. The van der Waals surface area contributed by atoms with Gasteiger partial charge < -0.3 is 9.88 Å². The van der Waals surface area contributed by atoms with Crippen LogP contribution in [0, 0.1) is 25.5 Å². The lowest BCUT2D eigenvalue weighted by atomic mass is 9.91. The van der Waals surface area contributed by atoms with E-state index in [1.54, 1.807) is 13.0 Å². The highest BCUT2D eigenvalue weighted by atomic mass is 19.1. The van der Waals surface area contributed by atoms with Crippen LogP contribution in [0.3, 0.4) is 0 Å². The smallest absolute Gasteiger partial charge is 0.325 e. The Kier molecular flexibility index (Phi) is 5.06. The number of carbonyl (C=O) groups is 3. The minimum atomic E-state index is -1.79. The van der Waals surface area contributed by atoms with Gasteiger partial charge in [-0.2, -0.15) is 0 Å². The van der Waals surface area contributed by atoms with Gasteiger partial charge in [0.25, 0.3) is 5.91 Å². The van der Waals surface area contributed by atoms with Crippen molar-refractivity contribution in [2.75, 3.05) is 6.54 Å². The summed E-state index contributed by atoms with van der Waals surface area (Å²) >= 11 is 0. The van der Waals surface area contributed by atoms with Crippen LogP contribution in [0.2, 0.25) is 0 Å². The van der Waals surface area contributed by atoms with Gasteiger partial charge in [-0.05, 0) is 58.9 Å². The van der Waals surface area contributed by atoms with Crippen LogP contribution < -0.4 is 5.32 Å². The van der Waals surface area contributed by atoms with E-state index in [0.29, 0.717) is 5.56 Å². The predicted octanol–water partition coefficient (Wildman–Crippen LogP) is 3.61. The molecule has 1 atom stereocenters. The summed E-state index contributed by atoms with van der Waals surface area (Å²) < 4.78 is 29.8. The number of urea groups is 1. The molecule has 1 saturated heterocycles. The molecule has 1 fully saturated rings. The molecule has 1 N–H and O–H groups in total. The van der Waals surface area contributed by atoms with Crippen LogP contribution in [-0.2, 0) is 10.3 Å². The fourth-order valence-electron chi connectivity index (χ4n) is 3.99. The van der Waals surface area contributed by atoms with Gasteiger partial charge in [-0.1, -0.05) is 0 Å². The molecule has 3 amide bonds. The summed E-state index contributed by atoms with van der Waals surface area (Å²) in [7, 11) is 0. The fourth-order valence-corrected chi connectivity index (χ4v) is 3.99. The Morgan fingerprint density at radius 3 is 2.41 bits per heavy atom. The van der Waals surface area contributed by atoms with Gasteiger partial charge in [0.1, 0.15) is 17.2 Å². The third-order valence-electron chi connectivity index (χ3n) is 5.34. The molecule has 1 aromatic carbocycles. The maximum atomic E-state index is 14.2. The number of benzene rings is 1. The lowest BCUT2D eigenvalue weighted by Crippen LogP contribution is -2.42. The lowest BCUT2D eigenvalue weighted by Gasteiger charge is -2.22. The topological polar surface area (TPSA) is 71.4 Å². The maximum absolute atomic E-state index is 14.2. The summed E-state index contributed by atoms with van der Waals surface area (Å²) in [4.78, 5) is 38.9. The Morgan fingerprint density at radius 2 is 1.83 bits per heavy atom. The van der Waals surface area contributed by atoms with Gasteiger partial charge in [-0.15, -0.1) is 0 Å². The molecule has 1 aromatic heterocycles. The molecule has 0 saturated carbocycles. The van der Waals surface area contributed by atoms with E-state index in [1.165, 1.54) is 6.92 Å². The second kappa shape index (κ2) is 7.09. The van der Waals surface area contributed by atoms with Gasteiger partial charge in [-0.3, -0.25) is 14.5 Å². The number of carbonyl (C=O) groups excluding carboxylic acids is 3. The van der Waals surface area contributed by atoms with Crippen LogP contribution in [-0.4, -0.2) is 33.7 Å². The third kappa shape index (κ3) is 3.32. The summed E-state index contributed by atoms with van der Waals surface area (Å²) in [6, 6.07) is 3.73. The molecule has 154 valence electrons. The molecular weight excluding hydrogens is 380 g/mol. The van der Waals surface area contributed by atoms with Crippen LogP contribution in [0.15, 0.2) is 24.3 Å². The number of ketones is 1. The van der Waals surface area contributed by atoms with E-state index >= 15 is 0 Å². The minimum absolute atomic E-state index is 0.146. The zero-order chi connectivity index (χ0) is 21.7. The van der Waals surface area contributed by atoms with E-state index in [-0.39, 0.29) is 11.6 Å². The predicted molar refractivity (Wildman–Crippen MR) is 103 cm³/mol. The highest BCUT2D eigenvalue weighted by Crippen LogP contribution is 2.31. The molecule has 29 heavy (non-hydrogen) atoms. The molecule has 2 heterocycles. The highest BCUT2D eigenvalue weighted by molar-refractivity contribution is 6.11. The summed E-state index contributed by atoms with van der Waals surface area (Å²) in [6.07, 6.45) is 0. The molecular formula is C21H23F2N3O3. The quantitative estimate of drug-likeness (QED) is 0.612. The summed E-state index contributed by atoms with van der Waals surface area (Å²) in [5, 5.41) is 2.39. The van der Waals surface area contributed by atoms with Crippen LogP contribution in [0.25, 0.3) is 0 Å². The second-order valence-corrected chi connectivity index (χ2v) is 7.74. The van der Waals surface area contributed by atoms with Crippen molar-refractivity contribution in [3.63, 3.8) is 0 Å². The highest BCUT2D eigenvalue weighted by Gasteiger charge is 2.51. The lowest BCUT2D eigenvalue weighted by molar-refractivity contribution is -0.130. The Morgan fingerprint density at radius 1 is 1.17 bits per heavy atom. The number of hydrogen-bond acceptors (Lipinski definition) is 3. The number of amides is 3. The van der Waals surface area contributed by atoms with Gasteiger partial charge in [-0.25, -0.2) is 13.6 Å². The first-order valence-corrected chi connectivity index (χ1v) is 9.28. The van der Waals surface area contributed by atoms with E-state index in [0.717, 1.165) is 34.5 Å². The Labute approximate surface area is 167 Å². The number of Topliss-reactive ketones (excluding diaryl/α,β-unsaturated/α-hetero) is 1. The molecule has 0 aliphatic carbocycles. The van der Waals surface area contributed by atoms with Crippen molar-refractivity contribution >= 4 is 17.7 Å². The van der Waals surface area contributed by atoms with Crippen molar-refractivity contribution in [2.45, 2.75) is 46.2 Å². The second-order valence-electron chi connectivity index (χ2n) is 7.74. The molecule has 2 aromatic rings. The number of halogens is 2. The van der Waals surface area contributed by atoms with Crippen LogP contribution in [0.5, 0.6) is 0 Å². The van der Waals surface area contributed by atoms with Gasteiger partial charge in [0.05, 0.1) is 6.54 Å². The SMILES string of the molecule is Cc1cc(C(=O)CN2C(=O)N[C@@](C)(c3cc(F)ccc3F)C2=O)c(C)n1C(C)C. The number of imide groups is 1. The zero-order valence-corrected chi connectivity index (χ0v) is 17.0. The molecule has 0 unspecified atom stereocenters. The monoisotopic (exact) mass is 403 g/mol. The third-order valence-corrected chi connectivity index (χ3v) is 5.34. The van der Waals surface area contributed by atoms with Gasteiger partial charge >= 0.3 is 6.03 Å². The van der Waals surface area contributed by atoms with Crippen molar-refractivity contribution in [1.82, 2.24) is 14.8 Å². The molecule has 3 rings (SSSR count). The van der Waals surface area contributed by atoms with Crippen molar-refractivity contribution in [3.05, 3.63) is 58.4 Å². The summed E-state index contributed by atoms with van der Waals surface area (Å²) in [6.45, 7) is 8.47. The fraction of sp³-hybridized carbons (Fsp3) is 0.381. The van der Waals surface area contributed by atoms with Crippen molar-refractivity contribution in [2.24, 2.45) is 0 Å². The van der Waals surface area contributed by atoms with Crippen LogP contribution in [0.4, 0.5) is 13.6 Å². The zero-order valence-electron chi connectivity index (χ0n) is 17.0. The normalized spacial score (nSPS) is 19.2. The number of aromatic nitrogens is 1. The molecule has 8 heteroatoms. The van der Waals surface area contributed by atoms with Crippen LogP contribution >= 0.6 is 0 Å². The first-order valence-electron chi connectivity index (χ1n) is 9.28. The van der Waals surface area contributed by atoms with Crippen LogP contribution in [0.1, 0.15) is 54.1 Å². The molecule has 0 spiro atoms. The van der Waals surface area contributed by atoms with Gasteiger partial charge in [0, 0.05) is 28.6 Å². The van der Waals surface area contributed by atoms with E-state index in [2.05, 4.69) is 5.32 Å². The Balaban J connectivity index is 1.91. The molecule has 0 bridgehead atoms. The molecule has 1 aliphatic heterocycles. The average molecular weight is 403 g/mol. The number of nitrogens with one attached hydrogen (secondary N) is 1. The van der Waals surface area contributed by atoms with Crippen molar-refractivity contribution in [3.8, 4) is 0 Å². The summed E-state index contributed by atoms with van der Waals surface area (Å²) in [5.41, 5.74) is -0.0254. The Hall–Kier alpha value is -3.03. The average Bonchev–Trinajstić information content (AvgIpc) is 3.05. The van der Waals surface area contributed by atoms with E-state index in [4.69, 9.17) is 0 Å². The minimum Gasteiger partial charge on any atom is -0.346 e. The van der Waals surface area contributed by atoms with Gasteiger partial charge in [0.15, 0.2) is 5.78 Å². The van der Waals surface area contributed by atoms with E-state index in [9.17, 15) is 23.2 Å². The number of nitrogens with zero attached hydrogens (tertiary/aromatic N) is 2. The largest absolute Gasteiger partial charge is 0.346 e. The van der Waals surface area contributed by atoms with E-state index < -0.39 is 41.4 Å². The number of aryl methyl sites for hydroxylation is 1. The first-order chi connectivity index (χ1) is 13.5. The Bertz CT molecular complexity index is 1030. The first kappa shape index (κ1) is 20.7.